The van der Waals surface area contributed by atoms with Crippen LogP contribution >= 0.6 is 11.8 Å². The second kappa shape index (κ2) is 9.24. The quantitative estimate of drug-likeness (QED) is 0.396. The predicted octanol–water partition coefficient (Wildman–Crippen LogP) is 2.43. The summed E-state index contributed by atoms with van der Waals surface area (Å²) in [5.74, 6) is 3.69. The summed E-state index contributed by atoms with van der Waals surface area (Å²) >= 11 is 1.69. The van der Waals surface area contributed by atoms with E-state index < -0.39 is 4.92 Å². The number of anilines is 1. The summed E-state index contributed by atoms with van der Waals surface area (Å²) in [6.07, 6.45) is 2.21. The molecule has 2 rings (SSSR count). The molecule has 2 aromatic rings. The van der Waals surface area contributed by atoms with Gasteiger partial charge in [-0.3, -0.25) is 10.1 Å². The molecular weight excluding hydrogens is 330 g/mol. The molecule has 0 spiro atoms. The molecular formula is C15H21N5O3S. The maximum absolute atomic E-state index is 10.9. The lowest BCUT2D eigenvalue weighted by molar-refractivity contribution is -0.384. The van der Waals surface area contributed by atoms with E-state index in [9.17, 15) is 10.1 Å². The number of furan rings is 1. The first kappa shape index (κ1) is 18.2. The topological polar surface area (TPSA) is 97.3 Å². The molecule has 9 heteroatoms. The van der Waals surface area contributed by atoms with Gasteiger partial charge in [0.15, 0.2) is 0 Å². The molecule has 2 heterocycles. The van der Waals surface area contributed by atoms with E-state index in [1.807, 2.05) is 26.2 Å². The van der Waals surface area contributed by atoms with Gasteiger partial charge < -0.3 is 14.6 Å². The van der Waals surface area contributed by atoms with Gasteiger partial charge in [-0.25, -0.2) is 0 Å². The van der Waals surface area contributed by atoms with Crippen LogP contribution in [0.1, 0.15) is 11.5 Å². The Kier molecular flexibility index (Phi) is 7.01. The molecule has 0 aliphatic heterocycles. The maximum Gasteiger partial charge on any atom is 0.314 e. The third-order valence-corrected chi connectivity index (χ3v) is 4.18. The fourth-order valence-corrected chi connectivity index (χ4v) is 2.73. The number of hydrogen-bond acceptors (Lipinski definition) is 8. The molecule has 0 aliphatic carbocycles. The van der Waals surface area contributed by atoms with E-state index in [1.54, 1.807) is 11.8 Å². The standard InChI is InChI=1S/C15H21N5O3S/c1-19(2)9-6-12-3-4-13(23-12)11-24-10-8-16-15-14(20(21)22)5-7-17-18-15/h3-5,7H,6,8-11H2,1-2H3,(H,16,18). The molecule has 0 saturated heterocycles. The van der Waals surface area contributed by atoms with Crippen LogP contribution in [0.5, 0.6) is 0 Å². The Labute approximate surface area is 144 Å². The van der Waals surface area contributed by atoms with E-state index in [0.717, 1.165) is 36.0 Å². The van der Waals surface area contributed by atoms with Crippen LogP contribution in [0.15, 0.2) is 28.8 Å². The molecule has 24 heavy (non-hydrogen) atoms. The summed E-state index contributed by atoms with van der Waals surface area (Å²) < 4.78 is 5.77. The molecule has 130 valence electrons. The van der Waals surface area contributed by atoms with Gasteiger partial charge in [-0.2, -0.15) is 16.9 Å². The molecule has 8 nitrogen and oxygen atoms in total. The van der Waals surface area contributed by atoms with Crippen molar-refractivity contribution in [1.82, 2.24) is 15.1 Å². The highest BCUT2D eigenvalue weighted by Gasteiger charge is 2.14. The van der Waals surface area contributed by atoms with Gasteiger partial charge in [0.2, 0.25) is 5.82 Å². The van der Waals surface area contributed by atoms with Crippen molar-refractivity contribution in [3.8, 4) is 0 Å². The Morgan fingerprint density at radius 2 is 2.12 bits per heavy atom. The number of nitrogens with one attached hydrogen (secondary N) is 1. The molecule has 0 radical (unpaired) electrons. The lowest BCUT2D eigenvalue weighted by Gasteiger charge is -2.06. The Morgan fingerprint density at radius 1 is 1.33 bits per heavy atom. The zero-order chi connectivity index (χ0) is 17.4. The minimum atomic E-state index is -0.470. The molecule has 0 fully saturated rings. The molecule has 0 aromatic carbocycles. The van der Waals surface area contributed by atoms with Crippen LogP contribution < -0.4 is 5.32 Å². The predicted molar refractivity (Wildman–Crippen MR) is 94.3 cm³/mol. The van der Waals surface area contributed by atoms with Crippen molar-refractivity contribution < 1.29 is 9.34 Å². The van der Waals surface area contributed by atoms with Crippen LogP contribution in [0.25, 0.3) is 0 Å². The minimum absolute atomic E-state index is 0.0634. The Hall–Kier alpha value is -2.13. The van der Waals surface area contributed by atoms with E-state index in [2.05, 4.69) is 20.4 Å². The SMILES string of the molecule is CN(C)CCc1ccc(CSCCNc2nnccc2[N+](=O)[O-])o1. The first-order valence-corrected chi connectivity index (χ1v) is 8.71. The van der Waals surface area contributed by atoms with Crippen molar-refractivity contribution in [2.45, 2.75) is 12.2 Å². The maximum atomic E-state index is 10.9. The fourth-order valence-electron chi connectivity index (χ4n) is 1.98. The molecule has 2 aromatic heterocycles. The van der Waals surface area contributed by atoms with Crippen molar-refractivity contribution in [2.75, 3.05) is 38.3 Å². The van der Waals surface area contributed by atoms with Gasteiger partial charge in [-0.15, -0.1) is 5.10 Å². The van der Waals surface area contributed by atoms with Crippen molar-refractivity contribution in [3.05, 3.63) is 46.0 Å². The van der Waals surface area contributed by atoms with Crippen LogP contribution in [0.4, 0.5) is 11.5 Å². The Bertz CT molecular complexity index is 662. The Morgan fingerprint density at radius 3 is 2.88 bits per heavy atom. The van der Waals surface area contributed by atoms with Gasteiger partial charge in [0.25, 0.3) is 0 Å². The molecule has 1 N–H and O–H groups in total. The lowest BCUT2D eigenvalue weighted by atomic mass is 10.3. The number of rotatable bonds is 10. The van der Waals surface area contributed by atoms with E-state index in [-0.39, 0.29) is 11.5 Å². The second-order valence-electron chi connectivity index (χ2n) is 5.42. The monoisotopic (exact) mass is 351 g/mol. The van der Waals surface area contributed by atoms with Gasteiger partial charge in [0.05, 0.1) is 16.9 Å². The number of hydrogen-bond donors (Lipinski definition) is 1. The molecule has 0 amide bonds. The van der Waals surface area contributed by atoms with Crippen molar-refractivity contribution >= 4 is 23.3 Å². The number of nitro groups is 1. The summed E-state index contributed by atoms with van der Waals surface area (Å²) in [6, 6.07) is 5.35. The highest BCUT2D eigenvalue weighted by atomic mass is 32.2. The van der Waals surface area contributed by atoms with Gasteiger partial charge in [-0.05, 0) is 26.2 Å². The van der Waals surface area contributed by atoms with Crippen LogP contribution in [0.3, 0.4) is 0 Å². The minimum Gasteiger partial charge on any atom is -0.465 e. The molecule has 0 atom stereocenters. The van der Waals surface area contributed by atoms with Crippen molar-refractivity contribution in [1.29, 1.82) is 0 Å². The normalized spacial score (nSPS) is 11.0. The summed E-state index contributed by atoms with van der Waals surface area (Å²) in [4.78, 5) is 12.5. The lowest BCUT2D eigenvalue weighted by Crippen LogP contribution is -2.14. The van der Waals surface area contributed by atoms with Gasteiger partial charge in [-0.1, -0.05) is 0 Å². The fraction of sp³-hybridized carbons (Fsp3) is 0.467. The van der Waals surface area contributed by atoms with E-state index in [0.29, 0.717) is 6.54 Å². The average molecular weight is 351 g/mol. The summed E-state index contributed by atoms with van der Waals surface area (Å²) in [5.41, 5.74) is -0.0634. The smallest absolute Gasteiger partial charge is 0.314 e. The average Bonchev–Trinajstić information content (AvgIpc) is 3.01. The summed E-state index contributed by atoms with van der Waals surface area (Å²) in [5, 5.41) is 21.2. The van der Waals surface area contributed by atoms with Gasteiger partial charge in [0, 0.05) is 31.3 Å². The zero-order valence-corrected chi connectivity index (χ0v) is 14.6. The van der Waals surface area contributed by atoms with E-state index >= 15 is 0 Å². The van der Waals surface area contributed by atoms with Crippen LogP contribution in [-0.4, -0.2) is 53.0 Å². The second-order valence-corrected chi connectivity index (χ2v) is 6.53. The third-order valence-electron chi connectivity index (χ3n) is 3.20. The van der Waals surface area contributed by atoms with Gasteiger partial charge in [0.1, 0.15) is 11.5 Å². The number of likely N-dealkylation sites (N-methyl/N-ethyl adjacent to an activating group) is 1. The molecule has 0 bridgehead atoms. The van der Waals surface area contributed by atoms with E-state index in [1.165, 1.54) is 12.3 Å². The van der Waals surface area contributed by atoms with Crippen LogP contribution in [-0.2, 0) is 12.2 Å². The molecule has 0 aliphatic rings. The first-order chi connectivity index (χ1) is 11.6. The van der Waals surface area contributed by atoms with Crippen LogP contribution in [0, 0.1) is 10.1 Å². The van der Waals surface area contributed by atoms with Crippen molar-refractivity contribution in [3.63, 3.8) is 0 Å². The zero-order valence-electron chi connectivity index (χ0n) is 13.8. The number of thioether (sulfide) groups is 1. The highest BCUT2D eigenvalue weighted by Crippen LogP contribution is 2.20. The summed E-state index contributed by atoms with van der Waals surface area (Å²) in [7, 11) is 4.07. The van der Waals surface area contributed by atoms with Crippen LogP contribution in [0.2, 0.25) is 0 Å². The van der Waals surface area contributed by atoms with Gasteiger partial charge >= 0.3 is 5.69 Å². The van der Waals surface area contributed by atoms with Crippen molar-refractivity contribution in [2.24, 2.45) is 0 Å². The highest BCUT2D eigenvalue weighted by molar-refractivity contribution is 7.98. The molecule has 0 unspecified atom stereocenters. The first-order valence-electron chi connectivity index (χ1n) is 7.56. The molecule has 0 saturated carbocycles. The number of aromatic nitrogens is 2. The summed E-state index contributed by atoms with van der Waals surface area (Å²) in [6.45, 7) is 1.53. The van der Waals surface area contributed by atoms with E-state index in [4.69, 9.17) is 4.42 Å². The number of nitrogens with zero attached hydrogens (tertiary/aromatic N) is 4. The Balaban J connectivity index is 1.69. The third kappa shape index (κ3) is 5.82. The largest absolute Gasteiger partial charge is 0.465 e.